The van der Waals surface area contributed by atoms with Gasteiger partial charge in [-0.15, -0.1) is 0 Å². The quantitative estimate of drug-likeness (QED) is 0.286. The predicted molar refractivity (Wildman–Crippen MR) is 119 cm³/mol. The molecule has 0 aliphatic carbocycles. The second kappa shape index (κ2) is 8.50. The molecule has 31 heavy (non-hydrogen) atoms. The van der Waals surface area contributed by atoms with Gasteiger partial charge in [0, 0.05) is 10.6 Å². The molecular formula is C19H14ClN7O3S. The molecule has 0 aliphatic heterocycles. The molecule has 12 heteroatoms. The van der Waals surface area contributed by atoms with Gasteiger partial charge in [0.25, 0.3) is 5.91 Å². The summed E-state index contributed by atoms with van der Waals surface area (Å²) in [6, 6.07) is 12.1. The van der Waals surface area contributed by atoms with E-state index in [-0.39, 0.29) is 17.2 Å². The second-order valence-corrected chi connectivity index (χ2v) is 7.85. The van der Waals surface area contributed by atoms with E-state index in [0.29, 0.717) is 10.2 Å². The zero-order chi connectivity index (χ0) is 22.0. The molecule has 2 aromatic carbocycles. The van der Waals surface area contributed by atoms with E-state index in [2.05, 4.69) is 31.1 Å². The van der Waals surface area contributed by atoms with Crippen LogP contribution in [-0.4, -0.2) is 25.8 Å². The Labute approximate surface area is 184 Å². The lowest BCUT2D eigenvalue weighted by molar-refractivity contribution is -0.383. The molecule has 0 radical (unpaired) electrons. The summed E-state index contributed by atoms with van der Waals surface area (Å²) in [6.07, 6.45) is 1.14. The number of fused-ring (bicyclic) bond motifs is 1. The number of thiazole rings is 1. The lowest BCUT2D eigenvalue weighted by Gasteiger charge is -2.10. The third-order valence-electron chi connectivity index (χ3n) is 4.16. The third-order valence-corrected chi connectivity index (χ3v) is 5.32. The van der Waals surface area contributed by atoms with Crippen LogP contribution >= 0.6 is 22.9 Å². The fraction of sp³-hybridized carbons (Fsp3) is 0.0526. The average Bonchev–Trinajstić information content (AvgIpc) is 3.13. The fourth-order valence-electron chi connectivity index (χ4n) is 2.74. The molecule has 4 rings (SSSR count). The van der Waals surface area contributed by atoms with Crippen LogP contribution in [-0.2, 0) is 0 Å². The summed E-state index contributed by atoms with van der Waals surface area (Å²) in [5, 5.41) is 15.4. The van der Waals surface area contributed by atoms with Crippen LogP contribution in [0.25, 0.3) is 10.2 Å². The highest BCUT2D eigenvalue weighted by Gasteiger charge is 2.24. The first kappa shape index (κ1) is 20.4. The van der Waals surface area contributed by atoms with Gasteiger partial charge in [-0.05, 0) is 42.8 Å². The zero-order valence-corrected chi connectivity index (χ0v) is 17.5. The van der Waals surface area contributed by atoms with Gasteiger partial charge in [-0.3, -0.25) is 25.8 Å². The monoisotopic (exact) mass is 455 g/mol. The predicted octanol–water partition coefficient (Wildman–Crippen LogP) is 4.46. The van der Waals surface area contributed by atoms with Crippen LogP contribution in [0.1, 0.15) is 15.9 Å². The molecule has 0 unspecified atom stereocenters. The largest absolute Gasteiger partial charge is 0.355 e. The molecular weight excluding hydrogens is 442 g/mol. The van der Waals surface area contributed by atoms with Crippen LogP contribution in [0.2, 0.25) is 5.02 Å². The summed E-state index contributed by atoms with van der Waals surface area (Å²) in [7, 11) is 0. The summed E-state index contributed by atoms with van der Waals surface area (Å²) in [4.78, 5) is 35.6. The van der Waals surface area contributed by atoms with Crippen molar-refractivity contribution in [2.24, 2.45) is 0 Å². The van der Waals surface area contributed by atoms with Crippen molar-refractivity contribution < 1.29 is 9.72 Å². The Morgan fingerprint density at radius 3 is 2.74 bits per heavy atom. The van der Waals surface area contributed by atoms with Crippen molar-refractivity contribution in [3.05, 3.63) is 75.1 Å². The lowest BCUT2D eigenvalue weighted by Crippen LogP contribution is -2.30. The minimum atomic E-state index is -0.645. The molecule has 0 aliphatic rings. The van der Waals surface area contributed by atoms with Gasteiger partial charge < -0.3 is 5.32 Å². The Balaban J connectivity index is 1.58. The Morgan fingerprint density at radius 1 is 1.16 bits per heavy atom. The number of aryl methyl sites for hydroxylation is 1. The van der Waals surface area contributed by atoms with E-state index in [4.69, 9.17) is 11.6 Å². The summed E-state index contributed by atoms with van der Waals surface area (Å²) >= 11 is 7.23. The molecule has 2 aromatic heterocycles. The number of hydrogen-bond donors (Lipinski definition) is 3. The van der Waals surface area contributed by atoms with Crippen LogP contribution in [0.3, 0.4) is 0 Å². The molecule has 0 atom stereocenters. The zero-order valence-electron chi connectivity index (χ0n) is 15.9. The average molecular weight is 456 g/mol. The highest BCUT2D eigenvalue weighted by atomic mass is 35.5. The summed E-state index contributed by atoms with van der Waals surface area (Å²) in [5.41, 5.74) is 6.54. The van der Waals surface area contributed by atoms with Crippen molar-refractivity contribution in [1.29, 1.82) is 0 Å². The Morgan fingerprint density at radius 2 is 1.97 bits per heavy atom. The number of amides is 1. The maximum Gasteiger partial charge on any atom is 0.355 e. The molecule has 0 saturated heterocycles. The number of hydrogen-bond acceptors (Lipinski definition) is 9. The Kier molecular flexibility index (Phi) is 5.60. The van der Waals surface area contributed by atoms with Crippen molar-refractivity contribution in [2.75, 3.05) is 10.7 Å². The van der Waals surface area contributed by atoms with Crippen molar-refractivity contribution in [2.45, 2.75) is 6.92 Å². The molecule has 2 heterocycles. The SMILES string of the molecule is Cc1ccc2nc(Nc3ncnc(NNC(=O)c4cccc(Cl)c4)c3[N+](=O)[O-])sc2c1. The maximum absolute atomic E-state index is 12.3. The standard InChI is InChI=1S/C19H14ClN7O3S/c1-10-5-6-13-14(7-10)31-19(23-13)24-16-15(27(29)30)17(22-9-21-16)25-26-18(28)11-3-2-4-12(20)8-11/h2-9H,1H3,(H,26,28)(H2,21,22,23,24,25). The Hall–Kier alpha value is -3.83. The number of benzene rings is 2. The number of anilines is 3. The van der Waals surface area contributed by atoms with E-state index in [9.17, 15) is 14.9 Å². The maximum atomic E-state index is 12.3. The Bertz CT molecular complexity index is 1310. The van der Waals surface area contributed by atoms with Crippen LogP contribution in [0.15, 0.2) is 48.8 Å². The van der Waals surface area contributed by atoms with Gasteiger partial charge in [-0.25, -0.2) is 15.0 Å². The van der Waals surface area contributed by atoms with Gasteiger partial charge >= 0.3 is 5.69 Å². The fourth-order valence-corrected chi connectivity index (χ4v) is 3.89. The van der Waals surface area contributed by atoms with E-state index >= 15 is 0 Å². The molecule has 156 valence electrons. The summed E-state index contributed by atoms with van der Waals surface area (Å²) in [5.74, 6) is -0.781. The first-order chi connectivity index (χ1) is 14.9. The minimum Gasteiger partial charge on any atom is -0.310 e. The molecule has 10 nitrogen and oxygen atoms in total. The van der Waals surface area contributed by atoms with E-state index in [1.807, 2.05) is 25.1 Å². The van der Waals surface area contributed by atoms with E-state index < -0.39 is 16.5 Å². The smallest absolute Gasteiger partial charge is 0.310 e. The number of aromatic nitrogens is 3. The number of halogens is 1. The van der Waals surface area contributed by atoms with E-state index in [1.165, 1.54) is 17.4 Å². The third kappa shape index (κ3) is 4.52. The van der Waals surface area contributed by atoms with Gasteiger partial charge in [-0.2, -0.15) is 0 Å². The van der Waals surface area contributed by atoms with Gasteiger partial charge in [0.2, 0.25) is 11.6 Å². The van der Waals surface area contributed by atoms with Gasteiger partial charge in [0.1, 0.15) is 6.33 Å². The first-order valence-corrected chi connectivity index (χ1v) is 10.1. The number of nitrogens with one attached hydrogen (secondary N) is 3. The summed E-state index contributed by atoms with van der Waals surface area (Å²) < 4.78 is 0.936. The lowest BCUT2D eigenvalue weighted by atomic mass is 10.2. The van der Waals surface area contributed by atoms with E-state index in [1.54, 1.807) is 18.2 Å². The number of nitrogens with zero attached hydrogens (tertiary/aromatic N) is 4. The van der Waals surface area contributed by atoms with Crippen molar-refractivity contribution in [3.63, 3.8) is 0 Å². The molecule has 1 amide bonds. The number of carbonyl (C=O) groups excluding carboxylic acids is 1. The van der Waals surface area contributed by atoms with Crippen molar-refractivity contribution in [1.82, 2.24) is 20.4 Å². The topological polar surface area (TPSA) is 135 Å². The van der Waals surface area contributed by atoms with Crippen LogP contribution in [0.4, 0.5) is 22.5 Å². The van der Waals surface area contributed by atoms with E-state index in [0.717, 1.165) is 22.1 Å². The normalized spacial score (nSPS) is 10.6. The highest BCUT2D eigenvalue weighted by molar-refractivity contribution is 7.22. The number of nitro groups is 1. The highest BCUT2D eigenvalue weighted by Crippen LogP contribution is 2.34. The molecule has 4 aromatic rings. The van der Waals surface area contributed by atoms with Gasteiger partial charge in [0.05, 0.1) is 15.1 Å². The molecule has 0 saturated carbocycles. The van der Waals surface area contributed by atoms with Gasteiger partial charge in [-0.1, -0.05) is 35.1 Å². The number of hydrazine groups is 1. The van der Waals surface area contributed by atoms with Crippen molar-refractivity contribution in [3.8, 4) is 0 Å². The first-order valence-electron chi connectivity index (χ1n) is 8.86. The number of rotatable bonds is 6. The molecule has 0 bridgehead atoms. The summed E-state index contributed by atoms with van der Waals surface area (Å²) in [6.45, 7) is 1.97. The minimum absolute atomic E-state index is 0.0599. The number of carbonyl (C=O) groups is 1. The van der Waals surface area contributed by atoms with Crippen LogP contribution in [0.5, 0.6) is 0 Å². The molecule has 0 spiro atoms. The van der Waals surface area contributed by atoms with Crippen LogP contribution < -0.4 is 16.2 Å². The van der Waals surface area contributed by atoms with Gasteiger partial charge in [0.15, 0.2) is 5.13 Å². The van der Waals surface area contributed by atoms with Crippen molar-refractivity contribution >= 4 is 61.5 Å². The molecule has 3 N–H and O–H groups in total. The molecule has 0 fully saturated rings. The second-order valence-electron chi connectivity index (χ2n) is 6.38. The van der Waals surface area contributed by atoms with Crippen LogP contribution in [0, 0.1) is 17.0 Å².